The molecule has 1 saturated carbocycles. The van der Waals surface area contributed by atoms with Gasteiger partial charge in [-0.1, -0.05) is 0 Å². The summed E-state index contributed by atoms with van der Waals surface area (Å²) in [4.78, 5) is 23.2. The minimum absolute atomic E-state index is 0.143. The Bertz CT molecular complexity index is 850. The first kappa shape index (κ1) is 20.0. The van der Waals surface area contributed by atoms with E-state index in [-0.39, 0.29) is 23.6 Å². The van der Waals surface area contributed by atoms with Crippen molar-refractivity contribution in [1.29, 1.82) is 0 Å². The van der Waals surface area contributed by atoms with Crippen LogP contribution < -0.4 is 15.5 Å². The normalized spacial score (nSPS) is 19.2. The number of hydrogen-bond donors (Lipinski definition) is 2. The van der Waals surface area contributed by atoms with Gasteiger partial charge in [0.05, 0.1) is 0 Å². The number of anilines is 3. The van der Waals surface area contributed by atoms with Crippen molar-refractivity contribution in [2.75, 3.05) is 29.6 Å². The molecule has 0 unspecified atom stereocenters. The van der Waals surface area contributed by atoms with E-state index in [0.717, 1.165) is 49.5 Å². The highest BCUT2D eigenvalue weighted by atomic mass is 19.2. The lowest BCUT2D eigenvalue weighted by atomic mass is 9.85. The molecule has 0 atom stereocenters. The third-order valence-electron chi connectivity index (χ3n) is 4.92. The van der Waals surface area contributed by atoms with E-state index in [1.807, 2.05) is 32.0 Å². The topological polar surface area (TPSA) is 70.2 Å². The number of amides is 1. The third-order valence-corrected chi connectivity index (χ3v) is 4.92. The summed E-state index contributed by atoms with van der Waals surface area (Å²) in [6.45, 7) is 1.86. The smallest absolute Gasteiger partial charge is 0.227 e. The molecule has 28 heavy (non-hydrogen) atoms. The molecule has 1 amide bonds. The molecule has 6 nitrogen and oxygen atoms in total. The van der Waals surface area contributed by atoms with Crippen LogP contribution in [0.1, 0.15) is 31.5 Å². The van der Waals surface area contributed by atoms with Crippen LogP contribution in [0.25, 0.3) is 0 Å². The second-order valence-corrected chi connectivity index (χ2v) is 7.36. The van der Waals surface area contributed by atoms with Crippen molar-refractivity contribution in [2.45, 2.75) is 38.6 Å². The first-order valence-corrected chi connectivity index (χ1v) is 9.37. The van der Waals surface area contributed by atoms with Gasteiger partial charge in [0.1, 0.15) is 17.5 Å². The first-order chi connectivity index (χ1) is 13.3. The molecule has 3 rings (SSSR count). The second-order valence-electron chi connectivity index (χ2n) is 7.36. The first-order valence-electron chi connectivity index (χ1n) is 9.37. The molecule has 1 heterocycles. The highest BCUT2D eigenvalue weighted by Crippen LogP contribution is 2.28. The van der Waals surface area contributed by atoms with Crippen molar-refractivity contribution in [1.82, 2.24) is 9.97 Å². The monoisotopic (exact) mass is 389 g/mol. The number of carbonyl (C=O) groups is 1. The van der Waals surface area contributed by atoms with Crippen LogP contribution in [0.2, 0.25) is 0 Å². The lowest BCUT2D eigenvalue weighted by Crippen LogP contribution is -2.32. The highest BCUT2D eigenvalue weighted by molar-refractivity contribution is 5.92. The summed E-state index contributed by atoms with van der Waals surface area (Å²) in [7, 11) is 3.87. The summed E-state index contributed by atoms with van der Waals surface area (Å²) in [5, 5.41) is 6.12. The molecule has 0 saturated heterocycles. The van der Waals surface area contributed by atoms with Crippen LogP contribution in [-0.2, 0) is 4.79 Å². The molecule has 2 aromatic rings. The van der Waals surface area contributed by atoms with E-state index < -0.39 is 11.6 Å². The van der Waals surface area contributed by atoms with Crippen LogP contribution in [0, 0.1) is 24.5 Å². The van der Waals surface area contributed by atoms with Gasteiger partial charge in [-0.2, -0.15) is 0 Å². The predicted octanol–water partition coefficient (Wildman–Crippen LogP) is 3.74. The summed E-state index contributed by atoms with van der Waals surface area (Å²) >= 11 is 0. The van der Waals surface area contributed by atoms with Gasteiger partial charge in [-0.15, -0.1) is 0 Å². The van der Waals surface area contributed by atoms with Crippen LogP contribution in [0.3, 0.4) is 0 Å². The van der Waals surface area contributed by atoms with Crippen molar-refractivity contribution in [3.05, 3.63) is 41.7 Å². The van der Waals surface area contributed by atoms with Gasteiger partial charge in [0.15, 0.2) is 11.6 Å². The summed E-state index contributed by atoms with van der Waals surface area (Å²) in [5.74, 6) is 0.131. The molecule has 0 spiro atoms. The molecule has 1 fully saturated rings. The van der Waals surface area contributed by atoms with Crippen molar-refractivity contribution in [3.63, 3.8) is 0 Å². The van der Waals surface area contributed by atoms with Crippen LogP contribution >= 0.6 is 0 Å². The average molecular weight is 389 g/mol. The number of hydrogen-bond acceptors (Lipinski definition) is 5. The van der Waals surface area contributed by atoms with E-state index >= 15 is 0 Å². The van der Waals surface area contributed by atoms with Gasteiger partial charge in [0, 0.05) is 43.9 Å². The predicted molar refractivity (Wildman–Crippen MR) is 105 cm³/mol. The maximum atomic E-state index is 13.3. The molecule has 0 aliphatic heterocycles. The van der Waals surface area contributed by atoms with Crippen LogP contribution in [0.4, 0.5) is 26.1 Å². The van der Waals surface area contributed by atoms with Crippen molar-refractivity contribution < 1.29 is 13.6 Å². The Labute approximate surface area is 163 Å². The number of halogens is 2. The Balaban J connectivity index is 1.54. The molecule has 0 bridgehead atoms. The number of aryl methyl sites for hydroxylation is 1. The van der Waals surface area contributed by atoms with Crippen LogP contribution in [0.15, 0.2) is 24.3 Å². The third kappa shape index (κ3) is 4.94. The highest BCUT2D eigenvalue weighted by Gasteiger charge is 2.27. The van der Waals surface area contributed by atoms with Gasteiger partial charge < -0.3 is 15.5 Å². The van der Waals surface area contributed by atoms with E-state index in [0.29, 0.717) is 5.82 Å². The zero-order valence-electron chi connectivity index (χ0n) is 16.3. The number of nitrogens with one attached hydrogen (secondary N) is 2. The molecule has 8 heteroatoms. The molecular weight excluding hydrogens is 364 g/mol. The number of aromatic nitrogens is 2. The maximum Gasteiger partial charge on any atom is 0.227 e. The zero-order valence-corrected chi connectivity index (χ0v) is 16.3. The van der Waals surface area contributed by atoms with Gasteiger partial charge in [-0.3, -0.25) is 4.79 Å². The summed E-state index contributed by atoms with van der Waals surface area (Å²) in [5.41, 5.74) is 0.275. The largest absolute Gasteiger partial charge is 0.367 e. The van der Waals surface area contributed by atoms with Gasteiger partial charge >= 0.3 is 0 Å². The molecule has 0 radical (unpaired) electrons. The fourth-order valence-corrected chi connectivity index (χ4v) is 3.38. The summed E-state index contributed by atoms with van der Waals surface area (Å²) in [6, 6.07) is 5.52. The lowest BCUT2D eigenvalue weighted by molar-refractivity contribution is -0.120. The van der Waals surface area contributed by atoms with E-state index in [1.54, 1.807) is 0 Å². The summed E-state index contributed by atoms with van der Waals surface area (Å²) < 4.78 is 26.3. The van der Waals surface area contributed by atoms with E-state index in [9.17, 15) is 13.6 Å². The Morgan fingerprint density at radius 3 is 2.43 bits per heavy atom. The number of benzene rings is 1. The quantitative estimate of drug-likeness (QED) is 0.815. The molecule has 1 aliphatic carbocycles. The van der Waals surface area contributed by atoms with Gasteiger partial charge in [0.25, 0.3) is 0 Å². The van der Waals surface area contributed by atoms with E-state index in [2.05, 4.69) is 20.6 Å². The average Bonchev–Trinajstić information content (AvgIpc) is 2.65. The molecular formula is C20H25F2N5O. The molecule has 1 aliphatic rings. The van der Waals surface area contributed by atoms with Gasteiger partial charge in [-0.05, 0) is 44.7 Å². The zero-order chi connectivity index (χ0) is 20.3. The SMILES string of the molecule is Cc1nc(N[C@H]2CC[C@@H](C(=O)Nc3ccc(F)c(F)c3)CC2)cc(N(C)C)n1. The standard InChI is InChI=1S/C20H25F2N5O/c1-12-23-18(11-19(24-12)27(2)3)25-14-6-4-13(5-7-14)20(28)26-15-8-9-16(21)17(22)10-15/h8-11,13-14H,4-7H2,1-3H3,(H,26,28)(H,23,24,25)/t13-,14+. The number of carbonyl (C=O) groups excluding carboxylic acids is 1. The Morgan fingerprint density at radius 2 is 1.79 bits per heavy atom. The molecule has 1 aromatic heterocycles. The van der Waals surface area contributed by atoms with E-state index in [4.69, 9.17) is 0 Å². The Hall–Kier alpha value is -2.77. The number of nitrogens with zero attached hydrogens (tertiary/aromatic N) is 3. The van der Waals surface area contributed by atoms with Gasteiger partial charge in [0.2, 0.25) is 5.91 Å². The second kappa shape index (κ2) is 8.50. The fraction of sp³-hybridized carbons (Fsp3) is 0.450. The van der Waals surface area contributed by atoms with Crippen LogP contribution in [0.5, 0.6) is 0 Å². The van der Waals surface area contributed by atoms with Crippen molar-refractivity contribution >= 4 is 23.2 Å². The Kier molecular flexibility index (Phi) is 6.06. The molecule has 1 aromatic carbocycles. The lowest BCUT2D eigenvalue weighted by Gasteiger charge is -2.29. The number of rotatable bonds is 5. The van der Waals surface area contributed by atoms with E-state index in [1.165, 1.54) is 6.07 Å². The van der Waals surface area contributed by atoms with Crippen molar-refractivity contribution in [2.24, 2.45) is 5.92 Å². The molecule has 2 N–H and O–H groups in total. The summed E-state index contributed by atoms with van der Waals surface area (Å²) in [6.07, 6.45) is 3.10. The van der Waals surface area contributed by atoms with Crippen LogP contribution in [-0.4, -0.2) is 36.0 Å². The van der Waals surface area contributed by atoms with Crippen molar-refractivity contribution in [3.8, 4) is 0 Å². The minimum Gasteiger partial charge on any atom is -0.367 e. The van der Waals surface area contributed by atoms with Gasteiger partial charge in [-0.25, -0.2) is 18.7 Å². The minimum atomic E-state index is -0.969. The molecule has 150 valence electrons. The fourth-order valence-electron chi connectivity index (χ4n) is 3.38. The Morgan fingerprint density at radius 1 is 1.07 bits per heavy atom. The maximum absolute atomic E-state index is 13.3.